The van der Waals surface area contributed by atoms with Gasteiger partial charge < -0.3 is 15.4 Å². The van der Waals surface area contributed by atoms with Crippen LogP contribution in [0, 0.1) is 0 Å². The minimum atomic E-state index is -3.16. The molecule has 1 amide bonds. The Balaban J connectivity index is 4.35. The van der Waals surface area contributed by atoms with E-state index in [0.29, 0.717) is 0 Å². The number of ether oxygens (including phenoxy) is 1. The first kappa shape index (κ1) is 15.9. The first-order valence-electron chi connectivity index (χ1n) is 5.04. The summed E-state index contributed by atoms with van der Waals surface area (Å²) in [6.07, 6.45) is 1.07. The highest BCUT2D eigenvalue weighted by Gasteiger charge is 2.26. The molecule has 0 aromatic carbocycles. The van der Waals surface area contributed by atoms with Crippen LogP contribution in [0.3, 0.4) is 0 Å². The Morgan fingerprint density at radius 2 is 1.94 bits per heavy atom. The van der Waals surface area contributed by atoms with Gasteiger partial charge in [0.2, 0.25) is 0 Å². The van der Waals surface area contributed by atoms with E-state index >= 15 is 0 Å². The monoisotopic (exact) mass is 266 g/mol. The molecular formula is C9H18N2O5S. The third kappa shape index (κ3) is 6.22. The van der Waals surface area contributed by atoms with Gasteiger partial charge in [-0.3, -0.25) is 4.79 Å². The molecule has 2 N–H and O–H groups in total. The highest BCUT2D eigenvalue weighted by Crippen LogP contribution is 1.95. The second-order valence-electron chi connectivity index (χ2n) is 3.62. The number of hydrogen-bond acceptors (Lipinski definition) is 6. The molecule has 0 aliphatic heterocycles. The lowest BCUT2D eigenvalue weighted by Gasteiger charge is -2.19. The normalized spacial score (nSPS) is 12.9. The molecule has 0 aliphatic rings. The molecule has 0 aliphatic carbocycles. The van der Waals surface area contributed by atoms with E-state index in [1.54, 1.807) is 6.92 Å². The molecule has 0 radical (unpaired) electrons. The van der Waals surface area contributed by atoms with E-state index < -0.39 is 27.8 Å². The van der Waals surface area contributed by atoms with Crippen molar-refractivity contribution in [3.8, 4) is 0 Å². The van der Waals surface area contributed by atoms with Crippen molar-refractivity contribution in [2.75, 3.05) is 32.2 Å². The van der Waals surface area contributed by atoms with Crippen LogP contribution in [0.5, 0.6) is 0 Å². The van der Waals surface area contributed by atoms with Gasteiger partial charge in [0, 0.05) is 19.8 Å². The molecular weight excluding hydrogens is 248 g/mol. The highest BCUT2D eigenvalue weighted by molar-refractivity contribution is 7.90. The summed E-state index contributed by atoms with van der Waals surface area (Å²) in [7, 11) is -1.78. The summed E-state index contributed by atoms with van der Waals surface area (Å²) in [5.41, 5.74) is 5.37. The average molecular weight is 266 g/mol. The molecule has 0 heterocycles. The van der Waals surface area contributed by atoms with Crippen LogP contribution in [0.25, 0.3) is 0 Å². The molecule has 7 nitrogen and oxygen atoms in total. The number of nitrogens with two attached hydrogens (primary N) is 1. The van der Waals surface area contributed by atoms with Crippen LogP contribution < -0.4 is 5.73 Å². The zero-order valence-electron chi connectivity index (χ0n) is 10.2. The molecule has 0 saturated heterocycles. The number of carbonyl (C=O) groups excluding carboxylic acids is 2. The molecule has 0 saturated carbocycles. The number of nitrogens with zero attached hydrogens (tertiary/aromatic N) is 1. The van der Waals surface area contributed by atoms with Gasteiger partial charge in [0.05, 0.1) is 12.4 Å². The van der Waals surface area contributed by atoms with Crippen molar-refractivity contribution in [2.45, 2.75) is 13.0 Å². The summed E-state index contributed by atoms with van der Waals surface area (Å²) >= 11 is 0. The number of rotatable bonds is 6. The molecule has 0 spiro atoms. The Labute approximate surface area is 101 Å². The Hall–Kier alpha value is -1.15. The fourth-order valence-corrected chi connectivity index (χ4v) is 1.59. The van der Waals surface area contributed by atoms with Crippen molar-refractivity contribution in [1.82, 2.24) is 4.90 Å². The summed E-state index contributed by atoms with van der Waals surface area (Å²) in [5, 5.41) is 0. The summed E-state index contributed by atoms with van der Waals surface area (Å²) in [6.45, 7) is 1.72. The predicted molar refractivity (Wildman–Crippen MR) is 62.0 cm³/mol. The lowest BCUT2D eigenvalue weighted by Crippen LogP contribution is -2.48. The van der Waals surface area contributed by atoms with Crippen molar-refractivity contribution in [3.05, 3.63) is 0 Å². The van der Waals surface area contributed by atoms with Crippen LogP contribution in [0.15, 0.2) is 0 Å². The largest absolute Gasteiger partial charge is 0.464 e. The Bertz CT molecular complexity index is 379. The van der Waals surface area contributed by atoms with Gasteiger partial charge in [0.15, 0.2) is 6.04 Å². The number of likely N-dealkylation sites (N-methyl/N-ethyl adjacent to an activating group) is 1. The number of hydrogen-bond donors (Lipinski definition) is 1. The van der Waals surface area contributed by atoms with Crippen LogP contribution in [0.2, 0.25) is 0 Å². The van der Waals surface area contributed by atoms with Crippen molar-refractivity contribution in [3.63, 3.8) is 0 Å². The third-order valence-corrected chi connectivity index (χ3v) is 2.90. The van der Waals surface area contributed by atoms with Crippen molar-refractivity contribution in [1.29, 1.82) is 0 Å². The fourth-order valence-electron chi connectivity index (χ4n) is 0.983. The average Bonchev–Trinajstić information content (AvgIpc) is 2.23. The summed E-state index contributed by atoms with van der Waals surface area (Å²) in [6, 6.07) is -1.40. The molecule has 1 unspecified atom stereocenters. The van der Waals surface area contributed by atoms with Gasteiger partial charge in [-0.05, 0) is 6.92 Å². The van der Waals surface area contributed by atoms with E-state index in [1.807, 2.05) is 0 Å². The van der Waals surface area contributed by atoms with Crippen LogP contribution in [-0.2, 0) is 24.2 Å². The van der Waals surface area contributed by atoms with Crippen LogP contribution in [0.1, 0.15) is 6.92 Å². The topological polar surface area (TPSA) is 107 Å². The number of esters is 1. The molecule has 100 valence electrons. The zero-order chi connectivity index (χ0) is 13.6. The number of carbonyl (C=O) groups is 2. The summed E-state index contributed by atoms with van der Waals surface area (Å²) in [4.78, 5) is 23.9. The van der Waals surface area contributed by atoms with Crippen LogP contribution >= 0.6 is 0 Å². The predicted octanol–water partition coefficient (Wildman–Crippen LogP) is -1.62. The third-order valence-electron chi connectivity index (χ3n) is 1.98. The van der Waals surface area contributed by atoms with Gasteiger partial charge in [-0.15, -0.1) is 0 Å². The molecule has 0 aromatic heterocycles. The van der Waals surface area contributed by atoms with Gasteiger partial charge >= 0.3 is 5.97 Å². The van der Waals surface area contributed by atoms with Gasteiger partial charge in [-0.25, -0.2) is 13.2 Å². The first-order valence-corrected chi connectivity index (χ1v) is 7.10. The van der Waals surface area contributed by atoms with Crippen molar-refractivity contribution < 1.29 is 22.7 Å². The van der Waals surface area contributed by atoms with E-state index in [-0.39, 0.29) is 18.9 Å². The molecule has 0 fully saturated rings. The molecule has 1 atom stereocenters. The maximum absolute atomic E-state index is 11.6. The highest BCUT2D eigenvalue weighted by atomic mass is 32.2. The van der Waals surface area contributed by atoms with E-state index in [9.17, 15) is 18.0 Å². The van der Waals surface area contributed by atoms with Gasteiger partial charge in [0.1, 0.15) is 9.84 Å². The van der Waals surface area contributed by atoms with E-state index in [0.717, 1.165) is 11.2 Å². The van der Waals surface area contributed by atoms with E-state index in [4.69, 9.17) is 5.73 Å². The van der Waals surface area contributed by atoms with E-state index in [1.165, 1.54) is 7.05 Å². The molecule has 0 bridgehead atoms. The van der Waals surface area contributed by atoms with Gasteiger partial charge in [0.25, 0.3) is 5.91 Å². The van der Waals surface area contributed by atoms with Crippen LogP contribution in [-0.4, -0.2) is 63.4 Å². The minimum absolute atomic E-state index is 0.00916. The summed E-state index contributed by atoms with van der Waals surface area (Å²) in [5.74, 6) is -1.65. The fraction of sp³-hybridized carbons (Fsp3) is 0.778. The molecule has 0 rings (SSSR count). The Morgan fingerprint density at radius 3 is 2.35 bits per heavy atom. The summed E-state index contributed by atoms with van der Waals surface area (Å²) < 4.78 is 26.4. The minimum Gasteiger partial charge on any atom is -0.464 e. The number of amides is 1. The maximum atomic E-state index is 11.6. The van der Waals surface area contributed by atoms with Crippen molar-refractivity contribution in [2.24, 2.45) is 5.73 Å². The van der Waals surface area contributed by atoms with E-state index in [2.05, 4.69) is 4.74 Å². The second-order valence-corrected chi connectivity index (χ2v) is 5.88. The maximum Gasteiger partial charge on any atom is 0.332 e. The SMILES string of the molecule is CCOC(=O)C(N)C(=O)N(C)CCS(C)(=O)=O. The molecule has 8 heteroatoms. The Morgan fingerprint density at radius 1 is 1.41 bits per heavy atom. The number of sulfone groups is 1. The molecule has 17 heavy (non-hydrogen) atoms. The Kier molecular flexibility index (Phi) is 6.11. The standard InChI is InChI=1S/C9H18N2O5S/c1-4-16-9(13)7(10)8(12)11(2)5-6-17(3,14)15/h7H,4-6,10H2,1-3H3. The smallest absolute Gasteiger partial charge is 0.332 e. The first-order chi connectivity index (χ1) is 7.69. The van der Waals surface area contributed by atoms with Crippen molar-refractivity contribution >= 4 is 21.7 Å². The second kappa shape index (κ2) is 6.55. The van der Waals surface area contributed by atoms with Gasteiger partial charge in [-0.2, -0.15) is 0 Å². The van der Waals surface area contributed by atoms with Crippen LogP contribution in [0.4, 0.5) is 0 Å². The lowest BCUT2D eigenvalue weighted by atomic mass is 10.3. The lowest BCUT2D eigenvalue weighted by molar-refractivity contribution is -0.150. The molecule has 0 aromatic rings. The van der Waals surface area contributed by atoms with Gasteiger partial charge in [-0.1, -0.05) is 0 Å². The quantitative estimate of drug-likeness (QED) is 0.457. The zero-order valence-corrected chi connectivity index (χ0v) is 11.0.